The third-order valence-corrected chi connectivity index (χ3v) is 2.48. The molecule has 0 aliphatic carbocycles. The van der Waals surface area contributed by atoms with Gasteiger partial charge in [-0.1, -0.05) is 18.2 Å². The van der Waals surface area contributed by atoms with E-state index in [0.717, 1.165) is 0 Å². The predicted molar refractivity (Wildman–Crippen MR) is 62.3 cm³/mol. The Kier molecular flexibility index (Phi) is 3.41. The Morgan fingerprint density at radius 3 is 2.71 bits per heavy atom. The molecule has 4 nitrogen and oxygen atoms in total. The minimum Gasteiger partial charge on any atom is -0.271 e. The van der Waals surface area contributed by atoms with Gasteiger partial charge in [0.15, 0.2) is 0 Å². The molecule has 1 atom stereocenters. The van der Waals surface area contributed by atoms with Crippen molar-refractivity contribution in [1.29, 1.82) is 0 Å². The number of aryl methyl sites for hydroxylation is 1. The normalized spacial score (nSPS) is 12.4. The van der Waals surface area contributed by atoms with Crippen LogP contribution in [0, 0.1) is 12.7 Å². The van der Waals surface area contributed by atoms with Crippen molar-refractivity contribution in [2.75, 3.05) is 0 Å². The monoisotopic (exact) mass is 232 g/mol. The first-order valence-corrected chi connectivity index (χ1v) is 5.22. The Labute approximate surface area is 98.7 Å². The minimum absolute atomic E-state index is 0.313. The molecular weight excluding hydrogens is 219 g/mol. The summed E-state index contributed by atoms with van der Waals surface area (Å²) < 4.78 is 13.7. The Balaban J connectivity index is 2.44. The largest absolute Gasteiger partial charge is 0.271 e. The smallest absolute Gasteiger partial charge is 0.128 e. The highest BCUT2D eigenvalue weighted by atomic mass is 19.1. The summed E-state index contributed by atoms with van der Waals surface area (Å²) in [5, 5.41) is 0. The van der Waals surface area contributed by atoms with Crippen LogP contribution < -0.4 is 11.3 Å². The highest BCUT2D eigenvalue weighted by Crippen LogP contribution is 2.21. The zero-order chi connectivity index (χ0) is 12.3. The van der Waals surface area contributed by atoms with Crippen molar-refractivity contribution < 1.29 is 4.39 Å². The lowest BCUT2D eigenvalue weighted by Gasteiger charge is -2.16. The fourth-order valence-corrected chi connectivity index (χ4v) is 1.68. The van der Waals surface area contributed by atoms with Crippen LogP contribution in [0.3, 0.4) is 0 Å². The lowest BCUT2D eigenvalue weighted by atomic mass is 10.0. The molecule has 0 radical (unpaired) electrons. The van der Waals surface area contributed by atoms with E-state index in [0.29, 0.717) is 17.1 Å². The van der Waals surface area contributed by atoms with Gasteiger partial charge in [0, 0.05) is 11.8 Å². The molecule has 1 aromatic carbocycles. The van der Waals surface area contributed by atoms with E-state index in [-0.39, 0.29) is 5.82 Å². The van der Waals surface area contributed by atoms with Gasteiger partial charge in [-0.3, -0.25) is 5.84 Å². The van der Waals surface area contributed by atoms with Crippen molar-refractivity contribution in [2.45, 2.75) is 13.0 Å². The Morgan fingerprint density at radius 1 is 1.29 bits per heavy atom. The van der Waals surface area contributed by atoms with Gasteiger partial charge >= 0.3 is 0 Å². The van der Waals surface area contributed by atoms with Gasteiger partial charge in [0.2, 0.25) is 0 Å². The molecule has 0 bridgehead atoms. The van der Waals surface area contributed by atoms with Gasteiger partial charge in [-0.2, -0.15) is 0 Å². The quantitative estimate of drug-likeness (QED) is 0.621. The van der Waals surface area contributed by atoms with E-state index in [4.69, 9.17) is 5.84 Å². The third-order valence-electron chi connectivity index (χ3n) is 2.48. The van der Waals surface area contributed by atoms with Gasteiger partial charge in [-0.25, -0.2) is 19.8 Å². The van der Waals surface area contributed by atoms with Crippen molar-refractivity contribution in [3.8, 4) is 0 Å². The Bertz CT molecular complexity index is 515. The average Bonchev–Trinajstić information content (AvgIpc) is 2.33. The van der Waals surface area contributed by atoms with Gasteiger partial charge in [0.1, 0.15) is 11.6 Å². The maximum absolute atomic E-state index is 13.7. The molecule has 3 N–H and O–H groups in total. The number of nitrogens with one attached hydrogen (secondary N) is 1. The van der Waals surface area contributed by atoms with Crippen molar-refractivity contribution in [3.63, 3.8) is 0 Å². The third kappa shape index (κ3) is 2.46. The summed E-state index contributed by atoms with van der Waals surface area (Å²) >= 11 is 0. The van der Waals surface area contributed by atoms with Crippen LogP contribution >= 0.6 is 0 Å². The molecule has 5 heteroatoms. The first-order chi connectivity index (χ1) is 8.22. The van der Waals surface area contributed by atoms with Crippen molar-refractivity contribution in [1.82, 2.24) is 15.4 Å². The van der Waals surface area contributed by atoms with E-state index < -0.39 is 6.04 Å². The van der Waals surface area contributed by atoms with E-state index >= 15 is 0 Å². The summed E-state index contributed by atoms with van der Waals surface area (Å²) in [6.45, 7) is 1.78. The molecule has 0 spiro atoms. The van der Waals surface area contributed by atoms with Gasteiger partial charge in [0.05, 0.1) is 11.7 Å². The fraction of sp³-hybridized carbons (Fsp3) is 0.167. The molecular formula is C12H13FN4. The number of hydrazine groups is 1. The molecule has 2 aromatic rings. The maximum atomic E-state index is 13.7. The zero-order valence-electron chi connectivity index (χ0n) is 9.39. The number of aromatic nitrogens is 2. The average molecular weight is 232 g/mol. The maximum Gasteiger partial charge on any atom is 0.128 e. The highest BCUT2D eigenvalue weighted by Gasteiger charge is 2.17. The Hall–Kier alpha value is -1.85. The summed E-state index contributed by atoms with van der Waals surface area (Å²) in [5.41, 5.74) is 3.68. The van der Waals surface area contributed by atoms with Crippen LogP contribution in [0.25, 0.3) is 0 Å². The first-order valence-electron chi connectivity index (χ1n) is 5.22. The molecule has 2 rings (SSSR count). The van der Waals surface area contributed by atoms with Crippen molar-refractivity contribution >= 4 is 0 Å². The van der Waals surface area contributed by atoms with Crippen molar-refractivity contribution in [2.24, 2.45) is 5.84 Å². The number of hydrogen-bond acceptors (Lipinski definition) is 4. The van der Waals surface area contributed by atoms with E-state index in [9.17, 15) is 4.39 Å². The molecule has 1 unspecified atom stereocenters. The predicted octanol–water partition coefficient (Wildman–Crippen LogP) is 1.48. The molecule has 1 aromatic heterocycles. The summed E-state index contributed by atoms with van der Waals surface area (Å²) in [6, 6.07) is 7.71. The summed E-state index contributed by atoms with van der Waals surface area (Å²) in [4.78, 5) is 8.24. The lowest BCUT2D eigenvalue weighted by Crippen LogP contribution is -2.30. The van der Waals surface area contributed by atoms with Crippen LogP contribution in [-0.2, 0) is 0 Å². The lowest BCUT2D eigenvalue weighted by molar-refractivity contribution is 0.551. The molecule has 0 amide bonds. The van der Waals surface area contributed by atoms with E-state index in [1.54, 1.807) is 37.4 Å². The molecule has 17 heavy (non-hydrogen) atoms. The second-order valence-electron chi connectivity index (χ2n) is 3.65. The fourth-order valence-electron chi connectivity index (χ4n) is 1.68. The topological polar surface area (TPSA) is 63.8 Å². The highest BCUT2D eigenvalue weighted by molar-refractivity contribution is 5.28. The molecule has 0 aliphatic rings. The van der Waals surface area contributed by atoms with Crippen LogP contribution in [0.4, 0.5) is 4.39 Å². The van der Waals surface area contributed by atoms with Crippen LogP contribution in [0.2, 0.25) is 0 Å². The standard InChI is InChI=1S/C12H13FN4/c1-8-15-7-6-11(16-8)12(17-14)9-4-2-3-5-10(9)13/h2-7,12,17H,14H2,1H3. The van der Waals surface area contributed by atoms with Gasteiger partial charge in [-0.15, -0.1) is 0 Å². The number of hydrogen-bond donors (Lipinski definition) is 2. The van der Waals surface area contributed by atoms with Crippen LogP contribution in [0.1, 0.15) is 23.1 Å². The number of halogens is 1. The zero-order valence-corrected chi connectivity index (χ0v) is 9.39. The second kappa shape index (κ2) is 4.99. The molecule has 0 saturated heterocycles. The second-order valence-corrected chi connectivity index (χ2v) is 3.65. The number of rotatable bonds is 3. The van der Waals surface area contributed by atoms with Crippen LogP contribution in [-0.4, -0.2) is 9.97 Å². The van der Waals surface area contributed by atoms with Crippen LogP contribution in [0.5, 0.6) is 0 Å². The number of benzene rings is 1. The molecule has 0 saturated carbocycles. The van der Waals surface area contributed by atoms with E-state index in [1.165, 1.54) is 6.07 Å². The first kappa shape index (κ1) is 11.6. The number of nitrogens with zero attached hydrogens (tertiary/aromatic N) is 2. The molecule has 0 aliphatic heterocycles. The van der Waals surface area contributed by atoms with E-state index in [1.807, 2.05) is 0 Å². The van der Waals surface area contributed by atoms with Gasteiger partial charge < -0.3 is 0 Å². The summed E-state index contributed by atoms with van der Waals surface area (Å²) in [7, 11) is 0. The van der Waals surface area contributed by atoms with Gasteiger partial charge in [-0.05, 0) is 19.1 Å². The number of nitrogens with two attached hydrogens (primary N) is 1. The Morgan fingerprint density at radius 2 is 2.06 bits per heavy atom. The van der Waals surface area contributed by atoms with Gasteiger partial charge in [0.25, 0.3) is 0 Å². The van der Waals surface area contributed by atoms with Crippen LogP contribution in [0.15, 0.2) is 36.5 Å². The minimum atomic E-state index is -0.474. The molecule has 0 fully saturated rings. The molecule has 1 heterocycles. The summed E-state index contributed by atoms with van der Waals surface area (Å²) in [6.07, 6.45) is 1.63. The SMILES string of the molecule is Cc1nccc(C(NN)c2ccccc2F)n1. The van der Waals surface area contributed by atoms with E-state index in [2.05, 4.69) is 15.4 Å². The molecule has 88 valence electrons. The van der Waals surface area contributed by atoms with Crippen molar-refractivity contribution in [3.05, 3.63) is 59.4 Å². The summed E-state index contributed by atoms with van der Waals surface area (Å²) in [5.74, 6) is 5.79.